The molecule has 1 saturated heterocycles. The van der Waals surface area contributed by atoms with E-state index in [1.54, 1.807) is 0 Å². The third kappa shape index (κ3) is 8.00. The van der Waals surface area contributed by atoms with Gasteiger partial charge in [-0.1, -0.05) is 64.7 Å². The van der Waals surface area contributed by atoms with E-state index in [2.05, 4.69) is 6.92 Å². The summed E-state index contributed by atoms with van der Waals surface area (Å²) in [7, 11) is 0. The summed E-state index contributed by atoms with van der Waals surface area (Å²) >= 11 is 0. The van der Waals surface area contributed by atoms with Crippen molar-refractivity contribution < 1.29 is 34.7 Å². The highest BCUT2D eigenvalue weighted by Crippen LogP contribution is 2.25. The number of aliphatic carboxylic acids is 1. The number of ether oxygens (including phenoxy) is 2. The summed E-state index contributed by atoms with van der Waals surface area (Å²) in [5.41, 5.74) is 0. The van der Waals surface area contributed by atoms with Gasteiger partial charge >= 0.3 is 5.97 Å². The van der Waals surface area contributed by atoms with Crippen LogP contribution in [0.3, 0.4) is 0 Å². The number of carboxylic acids is 1. The Morgan fingerprint density at radius 1 is 0.960 bits per heavy atom. The summed E-state index contributed by atoms with van der Waals surface area (Å²) < 4.78 is 10.5. The lowest BCUT2D eigenvalue weighted by Gasteiger charge is -2.17. The molecule has 1 aliphatic heterocycles. The molecule has 1 aliphatic rings. The van der Waals surface area contributed by atoms with E-state index in [9.17, 15) is 20.1 Å². The fourth-order valence-corrected chi connectivity index (χ4v) is 3.00. The van der Waals surface area contributed by atoms with Crippen LogP contribution in [-0.2, 0) is 14.3 Å². The number of rotatable bonds is 14. The Balaban J connectivity index is 2.05. The lowest BCUT2D eigenvalue weighted by Crippen LogP contribution is -2.42. The van der Waals surface area contributed by atoms with Crippen LogP contribution in [0.1, 0.15) is 71.1 Å². The zero-order valence-electron chi connectivity index (χ0n) is 15.2. The van der Waals surface area contributed by atoms with Crippen molar-refractivity contribution in [1.82, 2.24) is 0 Å². The van der Waals surface area contributed by atoms with Gasteiger partial charge in [0.1, 0.15) is 18.3 Å². The quantitative estimate of drug-likeness (QED) is 0.348. The van der Waals surface area contributed by atoms with Crippen molar-refractivity contribution in [1.29, 1.82) is 0 Å². The molecule has 1 fully saturated rings. The van der Waals surface area contributed by atoms with Gasteiger partial charge in [-0.3, -0.25) is 0 Å². The predicted molar refractivity (Wildman–Crippen MR) is 92.1 cm³/mol. The zero-order chi connectivity index (χ0) is 18.7. The summed E-state index contributed by atoms with van der Waals surface area (Å²) in [6.07, 6.45) is 4.74. The van der Waals surface area contributed by atoms with Crippen LogP contribution in [0, 0.1) is 0 Å². The topological polar surface area (TPSA) is 116 Å². The first kappa shape index (κ1) is 22.3. The van der Waals surface area contributed by atoms with Crippen LogP contribution >= 0.6 is 0 Å². The molecule has 0 spiro atoms. The van der Waals surface area contributed by atoms with E-state index in [4.69, 9.17) is 14.6 Å². The molecule has 0 saturated carbocycles. The number of unbranched alkanes of at least 4 members (excludes halogenated alkanes) is 9. The van der Waals surface area contributed by atoms with Crippen LogP contribution in [0.2, 0.25) is 0 Å². The molecule has 0 amide bonds. The Labute approximate surface area is 150 Å². The highest BCUT2D eigenvalue weighted by molar-refractivity contribution is 5.72. The monoisotopic (exact) mass is 362 g/mol. The number of carbonyl (C=O) groups is 1. The Bertz CT molecular complexity index is 363. The second kappa shape index (κ2) is 12.6. The van der Waals surface area contributed by atoms with Crippen molar-refractivity contribution in [2.45, 2.75) is 102 Å². The minimum Gasteiger partial charge on any atom is -0.479 e. The molecule has 7 heteroatoms. The van der Waals surface area contributed by atoms with Gasteiger partial charge in [0.05, 0.1) is 0 Å². The van der Waals surface area contributed by atoms with Crippen molar-refractivity contribution in [2.24, 2.45) is 0 Å². The first-order chi connectivity index (χ1) is 12.0. The first-order valence-corrected chi connectivity index (χ1v) is 9.53. The van der Waals surface area contributed by atoms with Gasteiger partial charge in [-0.25, -0.2) is 4.79 Å². The Morgan fingerprint density at radius 3 is 2.00 bits per heavy atom. The summed E-state index contributed by atoms with van der Waals surface area (Å²) in [5, 5.41) is 37.7. The number of aliphatic hydroxyl groups excluding tert-OH is 3. The molecule has 0 aromatic rings. The fraction of sp³-hybridized carbons (Fsp3) is 0.944. The Hall–Kier alpha value is -0.730. The molecular weight excluding hydrogens is 328 g/mol. The van der Waals surface area contributed by atoms with Gasteiger partial charge in [0.2, 0.25) is 0 Å². The van der Waals surface area contributed by atoms with Gasteiger partial charge in [-0.15, -0.1) is 0 Å². The molecule has 5 atom stereocenters. The normalized spacial score (nSPS) is 27.5. The Morgan fingerprint density at radius 2 is 1.48 bits per heavy atom. The standard InChI is InChI=1S/C18H34O7/c1-2-3-4-5-6-7-8-9-10-11-12-24-18-14(20)13(19)16(25-18)15(21)17(22)23/h13-16,18-21H,2-12H2,1H3,(H,22,23)/t13-,14+,15-,16+,18+/m1/s1. The lowest BCUT2D eigenvalue weighted by molar-refractivity contribution is -0.186. The summed E-state index contributed by atoms with van der Waals surface area (Å²) in [5.74, 6) is -1.51. The van der Waals surface area contributed by atoms with Gasteiger partial charge in [0, 0.05) is 6.61 Å². The molecule has 7 nitrogen and oxygen atoms in total. The van der Waals surface area contributed by atoms with Crippen molar-refractivity contribution in [2.75, 3.05) is 6.61 Å². The van der Waals surface area contributed by atoms with Crippen molar-refractivity contribution in [3.05, 3.63) is 0 Å². The van der Waals surface area contributed by atoms with E-state index in [0.717, 1.165) is 19.3 Å². The third-order valence-corrected chi connectivity index (χ3v) is 4.60. The van der Waals surface area contributed by atoms with Crippen LogP contribution in [-0.4, -0.2) is 63.7 Å². The van der Waals surface area contributed by atoms with Crippen LogP contribution in [0.25, 0.3) is 0 Å². The van der Waals surface area contributed by atoms with E-state index >= 15 is 0 Å². The minimum atomic E-state index is -1.89. The molecule has 4 N–H and O–H groups in total. The first-order valence-electron chi connectivity index (χ1n) is 9.53. The maximum Gasteiger partial charge on any atom is 0.335 e. The number of hydrogen-bond donors (Lipinski definition) is 4. The van der Waals surface area contributed by atoms with Crippen molar-refractivity contribution in [3.8, 4) is 0 Å². The summed E-state index contributed by atoms with van der Waals surface area (Å²) in [6, 6.07) is 0. The largest absolute Gasteiger partial charge is 0.479 e. The number of hydrogen-bond acceptors (Lipinski definition) is 6. The number of aliphatic hydroxyl groups is 3. The third-order valence-electron chi connectivity index (χ3n) is 4.60. The highest BCUT2D eigenvalue weighted by atomic mass is 16.7. The molecular formula is C18H34O7. The molecule has 0 bridgehead atoms. The highest BCUT2D eigenvalue weighted by Gasteiger charge is 2.48. The van der Waals surface area contributed by atoms with Gasteiger partial charge in [-0.2, -0.15) is 0 Å². The van der Waals surface area contributed by atoms with Crippen molar-refractivity contribution >= 4 is 5.97 Å². The van der Waals surface area contributed by atoms with Gasteiger partial charge < -0.3 is 29.9 Å². The van der Waals surface area contributed by atoms with Crippen LogP contribution in [0.4, 0.5) is 0 Å². The van der Waals surface area contributed by atoms with E-state index in [1.165, 1.54) is 44.9 Å². The van der Waals surface area contributed by atoms with E-state index in [-0.39, 0.29) is 0 Å². The zero-order valence-corrected chi connectivity index (χ0v) is 15.2. The molecule has 25 heavy (non-hydrogen) atoms. The van der Waals surface area contributed by atoms with E-state index < -0.39 is 36.7 Å². The minimum absolute atomic E-state index is 0.362. The maximum atomic E-state index is 10.7. The molecule has 0 radical (unpaired) electrons. The molecule has 0 aromatic heterocycles. The van der Waals surface area contributed by atoms with E-state index in [0.29, 0.717) is 6.61 Å². The van der Waals surface area contributed by atoms with Gasteiger partial charge in [0.25, 0.3) is 0 Å². The SMILES string of the molecule is CCCCCCCCCCCCO[C@H]1O[C@H]([C@@H](O)C(=O)O)[C@H](O)[C@@H]1O. The summed E-state index contributed by atoms with van der Waals surface area (Å²) in [4.78, 5) is 10.7. The smallest absolute Gasteiger partial charge is 0.335 e. The number of carboxylic acid groups (broad SMARTS) is 1. The lowest BCUT2D eigenvalue weighted by atomic mass is 10.1. The van der Waals surface area contributed by atoms with Crippen LogP contribution in [0.15, 0.2) is 0 Å². The van der Waals surface area contributed by atoms with Crippen LogP contribution < -0.4 is 0 Å². The van der Waals surface area contributed by atoms with Crippen LogP contribution in [0.5, 0.6) is 0 Å². The maximum absolute atomic E-state index is 10.7. The molecule has 0 aromatic carbocycles. The average Bonchev–Trinajstić information content (AvgIpc) is 2.87. The molecule has 0 aliphatic carbocycles. The van der Waals surface area contributed by atoms with Gasteiger partial charge in [0.15, 0.2) is 12.4 Å². The molecule has 1 heterocycles. The molecule has 1 rings (SSSR count). The second-order valence-electron chi connectivity index (χ2n) is 6.79. The Kier molecular flexibility index (Phi) is 11.2. The molecule has 148 valence electrons. The average molecular weight is 362 g/mol. The fourth-order valence-electron chi connectivity index (χ4n) is 3.00. The second-order valence-corrected chi connectivity index (χ2v) is 6.79. The van der Waals surface area contributed by atoms with Gasteiger partial charge in [-0.05, 0) is 6.42 Å². The van der Waals surface area contributed by atoms with Crippen molar-refractivity contribution in [3.63, 3.8) is 0 Å². The van der Waals surface area contributed by atoms with E-state index in [1.807, 2.05) is 0 Å². The predicted octanol–water partition coefficient (Wildman–Crippen LogP) is 1.82. The molecule has 0 unspecified atom stereocenters. The summed E-state index contributed by atoms with van der Waals surface area (Å²) in [6.45, 7) is 2.58.